The molecule has 1 saturated carbocycles. The minimum Gasteiger partial charge on any atom is -0.370 e. The van der Waals surface area contributed by atoms with Gasteiger partial charge in [0.05, 0.1) is 6.61 Å². The van der Waals surface area contributed by atoms with E-state index in [0.29, 0.717) is 22.9 Å². The van der Waals surface area contributed by atoms with Crippen LogP contribution in [0.25, 0.3) is 5.57 Å². The van der Waals surface area contributed by atoms with Crippen LogP contribution < -0.4 is 0 Å². The van der Waals surface area contributed by atoms with E-state index in [-0.39, 0.29) is 23.9 Å². The first-order valence-corrected chi connectivity index (χ1v) is 12.7. The van der Waals surface area contributed by atoms with Crippen LogP contribution in [0.15, 0.2) is 30.1 Å². The monoisotopic (exact) mass is 444 g/mol. The van der Waals surface area contributed by atoms with Gasteiger partial charge < -0.3 is 4.74 Å². The highest BCUT2D eigenvalue weighted by atomic mass is 19.2. The molecule has 3 aliphatic rings. The normalized spacial score (nSPS) is 33.8. The molecule has 4 rings (SSSR count). The predicted molar refractivity (Wildman–Crippen MR) is 124 cm³/mol. The molecule has 32 heavy (non-hydrogen) atoms. The average Bonchev–Trinajstić information content (AvgIpc) is 2.83. The second kappa shape index (κ2) is 10.5. The van der Waals surface area contributed by atoms with Crippen LogP contribution in [0.4, 0.5) is 8.78 Å². The standard InChI is InChI=1S/C27H38F2N2O/c1-4-6-19-9-12-23(32-16-19)27-30-14-21(15-31-27)22-13-17(3)24(26(29)25(22)28)20-10-7-18(5-2)8-11-20/h13-15,17-20,23-24H,4-12,16H2,1-3H3. The Morgan fingerprint density at radius 2 is 1.66 bits per heavy atom. The predicted octanol–water partition coefficient (Wildman–Crippen LogP) is 7.76. The molecule has 0 spiro atoms. The van der Waals surface area contributed by atoms with Crippen LogP contribution in [0.2, 0.25) is 0 Å². The van der Waals surface area contributed by atoms with Gasteiger partial charge in [0.1, 0.15) is 11.9 Å². The molecule has 3 nitrogen and oxygen atoms in total. The van der Waals surface area contributed by atoms with Crippen LogP contribution in [-0.2, 0) is 4.74 Å². The molecule has 2 heterocycles. The number of ether oxygens (including phenoxy) is 1. The number of halogens is 2. The molecule has 5 heteroatoms. The highest BCUT2D eigenvalue weighted by Crippen LogP contribution is 2.47. The fourth-order valence-electron chi connectivity index (χ4n) is 6.05. The van der Waals surface area contributed by atoms with Gasteiger partial charge >= 0.3 is 0 Å². The summed E-state index contributed by atoms with van der Waals surface area (Å²) in [6.45, 7) is 7.18. The first kappa shape index (κ1) is 23.5. The highest BCUT2D eigenvalue weighted by Gasteiger charge is 2.38. The molecule has 1 aliphatic heterocycles. The van der Waals surface area contributed by atoms with Gasteiger partial charge in [-0.3, -0.25) is 0 Å². The lowest BCUT2D eigenvalue weighted by Crippen LogP contribution is -2.28. The molecule has 4 atom stereocenters. The molecule has 4 unspecified atom stereocenters. The summed E-state index contributed by atoms with van der Waals surface area (Å²) in [6.07, 6.45) is 14.9. The van der Waals surface area contributed by atoms with E-state index in [0.717, 1.165) is 51.0 Å². The van der Waals surface area contributed by atoms with Gasteiger partial charge in [0.2, 0.25) is 0 Å². The zero-order valence-electron chi connectivity index (χ0n) is 19.8. The van der Waals surface area contributed by atoms with Crippen molar-refractivity contribution in [3.63, 3.8) is 0 Å². The lowest BCUT2D eigenvalue weighted by Gasteiger charge is -2.37. The van der Waals surface area contributed by atoms with Crippen LogP contribution in [-0.4, -0.2) is 16.6 Å². The Morgan fingerprint density at radius 3 is 2.25 bits per heavy atom. The molecule has 2 aliphatic carbocycles. The quantitative estimate of drug-likeness (QED) is 0.450. The van der Waals surface area contributed by atoms with E-state index in [1.165, 1.54) is 19.3 Å². The van der Waals surface area contributed by atoms with E-state index in [1.54, 1.807) is 12.4 Å². The highest BCUT2D eigenvalue weighted by molar-refractivity contribution is 5.78. The van der Waals surface area contributed by atoms with Gasteiger partial charge in [-0.1, -0.05) is 52.5 Å². The van der Waals surface area contributed by atoms with Gasteiger partial charge in [-0.25, -0.2) is 18.7 Å². The SMILES string of the molecule is CCCC1CCC(c2ncc(C3=CC(C)C(C4CCC(CC)CC4)C(F)=C3F)cn2)OC1. The van der Waals surface area contributed by atoms with Crippen molar-refractivity contribution >= 4 is 5.57 Å². The van der Waals surface area contributed by atoms with E-state index in [9.17, 15) is 0 Å². The molecular formula is C27H38F2N2O. The molecule has 0 radical (unpaired) electrons. The van der Waals surface area contributed by atoms with Gasteiger partial charge in [0.25, 0.3) is 0 Å². The van der Waals surface area contributed by atoms with Crippen molar-refractivity contribution in [2.75, 3.05) is 6.61 Å². The number of hydrogen-bond donors (Lipinski definition) is 0. The summed E-state index contributed by atoms with van der Waals surface area (Å²) in [5, 5.41) is 0. The van der Waals surface area contributed by atoms with E-state index in [2.05, 4.69) is 23.8 Å². The van der Waals surface area contributed by atoms with Crippen molar-refractivity contribution in [1.82, 2.24) is 9.97 Å². The van der Waals surface area contributed by atoms with Crippen LogP contribution >= 0.6 is 0 Å². The summed E-state index contributed by atoms with van der Waals surface area (Å²) in [5.41, 5.74) is 0.841. The minimum absolute atomic E-state index is 0.0375. The molecule has 0 bridgehead atoms. The average molecular weight is 445 g/mol. The first-order chi connectivity index (χ1) is 15.5. The van der Waals surface area contributed by atoms with Crippen molar-refractivity contribution in [2.45, 2.75) is 84.7 Å². The molecule has 1 aromatic heterocycles. The van der Waals surface area contributed by atoms with Crippen molar-refractivity contribution in [2.24, 2.45) is 29.6 Å². The Hall–Kier alpha value is -1.62. The zero-order valence-corrected chi connectivity index (χ0v) is 19.8. The maximum Gasteiger partial charge on any atom is 0.162 e. The van der Waals surface area contributed by atoms with Crippen molar-refractivity contribution in [3.8, 4) is 0 Å². The Labute approximate surface area is 191 Å². The molecule has 176 valence electrons. The third kappa shape index (κ3) is 4.98. The summed E-state index contributed by atoms with van der Waals surface area (Å²) >= 11 is 0. The zero-order chi connectivity index (χ0) is 22.7. The summed E-state index contributed by atoms with van der Waals surface area (Å²) < 4.78 is 36.4. The molecule has 0 aromatic carbocycles. The second-order valence-corrected chi connectivity index (χ2v) is 10.2. The van der Waals surface area contributed by atoms with Crippen molar-refractivity contribution in [3.05, 3.63) is 41.5 Å². The summed E-state index contributed by atoms with van der Waals surface area (Å²) in [6, 6.07) is 0. The Balaban J connectivity index is 1.44. The number of hydrogen-bond acceptors (Lipinski definition) is 3. The maximum absolute atomic E-state index is 15.3. The topological polar surface area (TPSA) is 35.0 Å². The van der Waals surface area contributed by atoms with Gasteiger partial charge in [-0.05, 0) is 55.8 Å². The van der Waals surface area contributed by atoms with E-state index < -0.39 is 11.7 Å². The van der Waals surface area contributed by atoms with Gasteiger partial charge in [0.15, 0.2) is 11.7 Å². The summed E-state index contributed by atoms with van der Waals surface area (Å²) in [7, 11) is 0. The lowest BCUT2D eigenvalue weighted by molar-refractivity contribution is -0.0241. The van der Waals surface area contributed by atoms with E-state index in [1.807, 2.05) is 13.0 Å². The number of allylic oxidation sites excluding steroid dienone is 4. The lowest BCUT2D eigenvalue weighted by atomic mass is 9.69. The van der Waals surface area contributed by atoms with Crippen LogP contribution in [0.5, 0.6) is 0 Å². The first-order valence-electron chi connectivity index (χ1n) is 12.7. The van der Waals surface area contributed by atoms with Crippen LogP contribution in [0.3, 0.4) is 0 Å². The van der Waals surface area contributed by atoms with Crippen molar-refractivity contribution < 1.29 is 13.5 Å². The smallest absolute Gasteiger partial charge is 0.162 e. The van der Waals surface area contributed by atoms with E-state index in [4.69, 9.17) is 4.74 Å². The fourth-order valence-corrected chi connectivity index (χ4v) is 6.05. The Morgan fingerprint density at radius 1 is 0.969 bits per heavy atom. The third-order valence-corrected chi connectivity index (χ3v) is 8.05. The number of rotatable bonds is 6. The molecule has 1 aromatic rings. The van der Waals surface area contributed by atoms with Gasteiger partial charge in [-0.2, -0.15) is 0 Å². The summed E-state index contributed by atoms with van der Waals surface area (Å²) in [5.74, 6) is 0.563. The van der Waals surface area contributed by atoms with Gasteiger partial charge in [-0.15, -0.1) is 0 Å². The van der Waals surface area contributed by atoms with Gasteiger partial charge in [0, 0.05) is 29.4 Å². The van der Waals surface area contributed by atoms with Crippen LogP contribution in [0.1, 0.15) is 96.1 Å². The van der Waals surface area contributed by atoms with E-state index >= 15 is 8.78 Å². The minimum atomic E-state index is -0.724. The number of aromatic nitrogens is 2. The largest absolute Gasteiger partial charge is 0.370 e. The fraction of sp³-hybridized carbons (Fsp3) is 0.704. The van der Waals surface area contributed by atoms with Crippen molar-refractivity contribution in [1.29, 1.82) is 0 Å². The summed E-state index contributed by atoms with van der Waals surface area (Å²) in [4.78, 5) is 8.94. The van der Waals surface area contributed by atoms with Crippen LogP contribution in [0, 0.1) is 29.6 Å². The maximum atomic E-state index is 15.3. The molecule has 2 fully saturated rings. The molecule has 1 saturated heterocycles. The Kier molecular flexibility index (Phi) is 7.75. The third-order valence-electron chi connectivity index (χ3n) is 8.05. The number of nitrogens with zero attached hydrogens (tertiary/aromatic N) is 2. The molecule has 0 N–H and O–H groups in total. The second-order valence-electron chi connectivity index (χ2n) is 10.2. The Bertz CT molecular complexity index is 819. The molecule has 0 amide bonds. The molecular weight excluding hydrogens is 406 g/mol.